The van der Waals surface area contributed by atoms with Gasteiger partial charge in [0.1, 0.15) is 12.2 Å². The smallest absolute Gasteiger partial charge is 0.334 e. The third-order valence-electron chi connectivity index (χ3n) is 6.22. The van der Waals surface area contributed by atoms with Crippen LogP contribution in [0.15, 0.2) is 60.7 Å². The summed E-state index contributed by atoms with van der Waals surface area (Å²) in [6, 6.07) is 17.8. The molecule has 2 atom stereocenters. The van der Waals surface area contributed by atoms with Gasteiger partial charge in [0.25, 0.3) is 0 Å². The Morgan fingerprint density at radius 3 is 2.41 bits per heavy atom. The number of piperazine rings is 1. The second kappa shape index (κ2) is 10.7. The predicted molar refractivity (Wildman–Crippen MR) is 126 cm³/mol. The lowest BCUT2D eigenvalue weighted by Gasteiger charge is -2.54. The Kier molecular flexibility index (Phi) is 7.44. The van der Waals surface area contributed by atoms with Crippen molar-refractivity contribution in [2.24, 2.45) is 0 Å². The first kappa shape index (κ1) is 23.7. The first-order valence-electron chi connectivity index (χ1n) is 11.5. The van der Waals surface area contributed by atoms with Gasteiger partial charge in [0.2, 0.25) is 11.8 Å². The maximum atomic E-state index is 13.5. The number of urea groups is 1. The number of rotatable bonds is 7. The highest BCUT2D eigenvalue weighted by atomic mass is 16.5. The maximum absolute atomic E-state index is 13.5. The number of benzene rings is 2. The van der Waals surface area contributed by atoms with Gasteiger partial charge in [0, 0.05) is 33.9 Å². The number of nitrogens with zero attached hydrogens (tertiary/aromatic N) is 4. The minimum atomic E-state index is -0.784. The van der Waals surface area contributed by atoms with Gasteiger partial charge in [-0.2, -0.15) is 0 Å². The summed E-state index contributed by atoms with van der Waals surface area (Å²) in [5, 5.41) is 6.16. The first-order valence-corrected chi connectivity index (χ1v) is 11.5. The van der Waals surface area contributed by atoms with E-state index >= 15 is 0 Å². The molecule has 2 fully saturated rings. The van der Waals surface area contributed by atoms with Crippen molar-refractivity contribution in [1.82, 2.24) is 25.1 Å². The van der Waals surface area contributed by atoms with E-state index in [1.165, 1.54) is 0 Å². The Morgan fingerprint density at radius 2 is 1.74 bits per heavy atom. The third kappa shape index (κ3) is 4.90. The fraction of sp³-hybridized carbons (Fsp3) is 0.400. The van der Waals surface area contributed by atoms with E-state index < -0.39 is 12.2 Å². The Balaban J connectivity index is 1.63. The number of fused-ring (bicyclic) bond motifs is 1. The van der Waals surface area contributed by atoms with E-state index in [-0.39, 0.29) is 30.9 Å². The highest BCUT2D eigenvalue weighted by Gasteiger charge is 2.51. The van der Waals surface area contributed by atoms with E-state index in [0.717, 1.165) is 11.1 Å². The number of hydrogen-bond donors (Lipinski definition) is 1. The molecule has 9 heteroatoms. The Bertz CT molecular complexity index is 1000. The molecule has 4 amide bonds. The number of hydrogen-bond acceptors (Lipinski definition) is 5. The standard InChI is InChI=1S/C25H31N5O4/c1-27-18-22(31)29-21(30(27)25(33)26-16-19-10-5-3-6-11-19)17-28(14-9-15-34-2)24(32)23(29)20-12-7-4-8-13-20/h3-8,10-13,21,23H,9,14-18H2,1-2H3,(H,26,33)/t21-,23-/m0/s1. The van der Waals surface area contributed by atoms with E-state index in [9.17, 15) is 14.4 Å². The molecule has 9 nitrogen and oxygen atoms in total. The van der Waals surface area contributed by atoms with Crippen molar-refractivity contribution in [3.63, 3.8) is 0 Å². The van der Waals surface area contributed by atoms with Crippen LogP contribution < -0.4 is 5.32 Å². The number of ether oxygens (including phenoxy) is 1. The Hall–Kier alpha value is -3.43. The number of likely N-dealkylation sites (N-methyl/N-ethyl adjacent to an activating group) is 1. The molecule has 2 aliphatic heterocycles. The summed E-state index contributed by atoms with van der Waals surface area (Å²) >= 11 is 0. The molecule has 4 rings (SSSR count). The number of nitrogens with one attached hydrogen (secondary N) is 1. The van der Waals surface area contributed by atoms with E-state index in [0.29, 0.717) is 26.1 Å². The molecule has 0 unspecified atom stereocenters. The minimum absolute atomic E-state index is 0.00947. The molecule has 34 heavy (non-hydrogen) atoms. The van der Waals surface area contributed by atoms with Crippen LogP contribution in [0, 0.1) is 0 Å². The molecule has 2 aliphatic rings. The summed E-state index contributed by atoms with van der Waals surface area (Å²) in [6.07, 6.45) is 0.0490. The summed E-state index contributed by atoms with van der Waals surface area (Å²) in [5.74, 6) is -0.320. The van der Waals surface area contributed by atoms with Gasteiger partial charge in [-0.15, -0.1) is 0 Å². The Morgan fingerprint density at radius 1 is 1.06 bits per heavy atom. The maximum Gasteiger partial charge on any atom is 0.334 e. The number of methoxy groups -OCH3 is 1. The minimum Gasteiger partial charge on any atom is -0.385 e. The molecule has 0 radical (unpaired) electrons. The average Bonchev–Trinajstić information content (AvgIpc) is 2.85. The lowest BCUT2D eigenvalue weighted by molar-refractivity contribution is -0.187. The number of hydrazine groups is 1. The second-order valence-corrected chi connectivity index (χ2v) is 8.53. The monoisotopic (exact) mass is 465 g/mol. The summed E-state index contributed by atoms with van der Waals surface area (Å²) in [4.78, 5) is 43.4. The van der Waals surface area contributed by atoms with Crippen LogP contribution in [0.4, 0.5) is 4.79 Å². The highest BCUT2D eigenvalue weighted by Crippen LogP contribution is 2.34. The Labute approximate surface area is 199 Å². The van der Waals surface area contributed by atoms with E-state index in [1.807, 2.05) is 60.7 Å². The third-order valence-corrected chi connectivity index (χ3v) is 6.22. The van der Waals surface area contributed by atoms with Crippen LogP contribution in [0.25, 0.3) is 0 Å². The molecule has 1 N–H and O–H groups in total. The predicted octanol–water partition coefficient (Wildman–Crippen LogP) is 1.83. The molecule has 2 heterocycles. The van der Waals surface area contributed by atoms with Crippen molar-refractivity contribution < 1.29 is 19.1 Å². The number of carbonyl (C=O) groups is 3. The van der Waals surface area contributed by atoms with Crippen LogP contribution in [0.1, 0.15) is 23.6 Å². The van der Waals surface area contributed by atoms with E-state index in [4.69, 9.17) is 4.74 Å². The number of amides is 4. The van der Waals surface area contributed by atoms with Crippen molar-refractivity contribution in [3.8, 4) is 0 Å². The molecule has 0 spiro atoms. The SMILES string of the molecule is COCCCN1C[C@H]2N(C(=O)CN(C)N2C(=O)NCc2ccccc2)[C@@H](c2ccccc2)C1=O. The van der Waals surface area contributed by atoms with E-state index in [2.05, 4.69) is 5.32 Å². The lowest BCUT2D eigenvalue weighted by Crippen LogP contribution is -2.73. The molecule has 0 saturated carbocycles. The molecular formula is C25H31N5O4. The first-order chi connectivity index (χ1) is 16.5. The van der Waals surface area contributed by atoms with Crippen molar-refractivity contribution in [3.05, 3.63) is 71.8 Å². The molecule has 180 valence electrons. The average molecular weight is 466 g/mol. The molecule has 0 bridgehead atoms. The second-order valence-electron chi connectivity index (χ2n) is 8.53. The van der Waals surface area contributed by atoms with E-state index in [1.54, 1.807) is 34.0 Å². The van der Waals surface area contributed by atoms with Crippen molar-refractivity contribution in [2.75, 3.05) is 40.4 Å². The van der Waals surface area contributed by atoms with Gasteiger partial charge in [0.05, 0.1) is 13.1 Å². The van der Waals surface area contributed by atoms with Crippen LogP contribution in [-0.2, 0) is 20.9 Å². The summed E-state index contributed by atoms with van der Waals surface area (Å²) in [5.41, 5.74) is 1.71. The van der Waals surface area contributed by atoms with Gasteiger partial charge in [-0.1, -0.05) is 60.7 Å². The zero-order valence-electron chi connectivity index (χ0n) is 19.6. The van der Waals surface area contributed by atoms with Crippen LogP contribution >= 0.6 is 0 Å². The zero-order valence-corrected chi connectivity index (χ0v) is 19.6. The van der Waals surface area contributed by atoms with Gasteiger partial charge in [-0.25, -0.2) is 14.8 Å². The zero-order chi connectivity index (χ0) is 24.1. The molecule has 2 aromatic rings. The highest BCUT2D eigenvalue weighted by molar-refractivity contribution is 5.92. The van der Waals surface area contributed by atoms with Gasteiger partial charge < -0.3 is 19.9 Å². The topological polar surface area (TPSA) is 85.4 Å². The van der Waals surface area contributed by atoms with Crippen LogP contribution in [-0.4, -0.2) is 84.2 Å². The molecule has 2 aromatic carbocycles. The fourth-order valence-electron chi connectivity index (χ4n) is 4.61. The summed E-state index contributed by atoms with van der Waals surface area (Å²) in [7, 11) is 3.35. The molecular weight excluding hydrogens is 434 g/mol. The lowest BCUT2D eigenvalue weighted by atomic mass is 9.98. The van der Waals surface area contributed by atoms with Gasteiger partial charge in [-0.3, -0.25) is 9.59 Å². The fourth-order valence-corrected chi connectivity index (χ4v) is 4.61. The summed E-state index contributed by atoms with van der Waals surface area (Å²) in [6.45, 7) is 1.62. The van der Waals surface area contributed by atoms with Gasteiger partial charge in [-0.05, 0) is 17.5 Å². The van der Waals surface area contributed by atoms with Crippen LogP contribution in [0.5, 0.6) is 0 Å². The molecule has 0 aliphatic carbocycles. The number of carbonyl (C=O) groups excluding carboxylic acids is 3. The molecule has 2 saturated heterocycles. The quantitative estimate of drug-likeness (QED) is 0.631. The van der Waals surface area contributed by atoms with Crippen molar-refractivity contribution in [1.29, 1.82) is 0 Å². The van der Waals surface area contributed by atoms with Crippen molar-refractivity contribution >= 4 is 17.8 Å². The normalized spacial score (nSPS) is 20.9. The van der Waals surface area contributed by atoms with Gasteiger partial charge in [0.15, 0.2) is 0 Å². The van der Waals surface area contributed by atoms with Crippen LogP contribution in [0.3, 0.4) is 0 Å². The van der Waals surface area contributed by atoms with Crippen LogP contribution in [0.2, 0.25) is 0 Å². The van der Waals surface area contributed by atoms with Gasteiger partial charge >= 0.3 is 6.03 Å². The van der Waals surface area contributed by atoms with Crippen molar-refractivity contribution in [2.45, 2.75) is 25.2 Å². The largest absolute Gasteiger partial charge is 0.385 e. The summed E-state index contributed by atoms with van der Waals surface area (Å²) < 4.78 is 5.17. The molecule has 0 aromatic heterocycles.